The lowest BCUT2D eigenvalue weighted by Crippen LogP contribution is -2.37. The zero-order valence-electron chi connectivity index (χ0n) is 12.7. The van der Waals surface area contributed by atoms with Crippen LogP contribution < -0.4 is 5.32 Å². The molecule has 0 aromatic carbocycles. The minimum absolute atomic E-state index is 0.0218. The van der Waals surface area contributed by atoms with E-state index in [1.807, 2.05) is 22.7 Å². The number of likely N-dealkylation sites (tertiary alicyclic amines) is 1. The third kappa shape index (κ3) is 3.81. The minimum atomic E-state index is -0.402. The van der Waals surface area contributed by atoms with Crippen molar-refractivity contribution in [2.75, 3.05) is 25.0 Å². The van der Waals surface area contributed by atoms with E-state index in [4.69, 9.17) is 4.74 Å². The minimum Gasteiger partial charge on any atom is -0.369 e. The second kappa shape index (κ2) is 6.71. The van der Waals surface area contributed by atoms with Crippen LogP contribution in [0.1, 0.15) is 33.2 Å². The Morgan fingerprint density at radius 3 is 3.00 bits per heavy atom. The molecule has 0 saturated carbocycles. The molecule has 1 aromatic heterocycles. The monoisotopic (exact) mass is 294 g/mol. The molecule has 2 amide bonds. The molecule has 0 unspecified atom stereocenters. The smallest absolute Gasteiger partial charge is 0.251 e. The van der Waals surface area contributed by atoms with Crippen molar-refractivity contribution in [2.24, 2.45) is 0 Å². The molecule has 2 rings (SSSR count). The van der Waals surface area contributed by atoms with Crippen molar-refractivity contribution in [3.63, 3.8) is 0 Å². The van der Waals surface area contributed by atoms with Gasteiger partial charge in [-0.3, -0.25) is 14.3 Å². The molecule has 1 aromatic rings. The number of nitrogens with one attached hydrogen (secondary N) is 1. The highest BCUT2D eigenvalue weighted by molar-refractivity contribution is 5.87. The molecule has 2 atom stereocenters. The van der Waals surface area contributed by atoms with Gasteiger partial charge in [0.1, 0.15) is 6.10 Å². The molecule has 0 aliphatic carbocycles. The summed E-state index contributed by atoms with van der Waals surface area (Å²) in [5.74, 6) is 0.414. The SMILES string of the molecule is CCO[C@@H](C)C(=O)N1CC[C@@H](n2ccc(NC(C)=O)n2)C1. The maximum Gasteiger partial charge on any atom is 0.251 e. The number of aromatic nitrogens is 2. The number of anilines is 1. The topological polar surface area (TPSA) is 76.5 Å². The first kappa shape index (κ1) is 15.5. The number of nitrogens with zero attached hydrogens (tertiary/aromatic N) is 3. The van der Waals surface area contributed by atoms with E-state index >= 15 is 0 Å². The molecular formula is C14H22N4O3. The first-order valence-corrected chi connectivity index (χ1v) is 7.24. The van der Waals surface area contributed by atoms with Crippen LogP contribution in [-0.4, -0.2) is 52.3 Å². The summed E-state index contributed by atoms with van der Waals surface area (Å²) in [6.07, 6.45) is 2.28. The van der Waals surface area contributed by atoms with Crippen LogP contribution in [0, 0.1) is 0 Å². The molecule has 1 fully saturated rings. The second-order valence-electron chi connectivity index (χ2n) is 5.19. The van der Waals surface area contributed by atoms with Crippen LogP contribution in [0.2, 0.25) is 0 Å². The summed E-state index contributed by atoms with van der Waals surface area (Å²) >= 11 is 0. The number of hydrogen-bond acceptors (Lipinski definition) is 4. The van der Waals surface area contributed by atoms with Gasteiger partial charge in [0.25, 0.3) is 5.91 Å². The molecule has 1 saturated heterocycles. The fraction of sp³-hybridized carbons (Fsp3) is 0.643. The molecule has 0 bridgehead atoms. The van der Waals surface area contributed by atoms with Crippen molar-refractivity contribution in [1.82, 2.24) is 14.7 Å². The summed E-state index contributed by atoms with van der Waals surface area (Å²) < 4.78 is 7.15. The lowest BCUT2D eigenvalue weighted by molar-refractivity contribution is -0.141. The Balaban J connectivity index is 1.94. The highest BCUT2D eigenvalue weighted by Gasteiger charge is 2.30. The van der Waals surface area contributed by atoms with Crippen molar-refractivity contribution in [3.8, 4) is 0 Å². The number of ether oxygens (including phenoxy) is 1. The zero-order valence-corrected chi connectivity index (χ0v) is 12.7. The second-order valence-corrected chi connectivity index (χ2v) is 5.19. The van der Waals surface area contributed by atoms with Crippen molar-refractivity contribution in [3.05, 3.63) is 12.3 Å². The molecule has 21 heavy (non-hydrogen) atoms. The van der Waals surface area contributed by atoms with Gasteiger partial charge in [-0.2, -0.15) is 5.10 Å². The van der Waals surface area contributed by atoms with E-state index in [-0.39, 0.29) is 17.9 Å². The summed E-state index contributed by atoms with van der Waals surface area (Å²) in [6, 6.07) is 1.90. The number of carbonyl (C=O) groups is 2. The summed E-state index contributed by atoms with van der Waals surface area (Å²) in [5, 5.41) is 6.97. The van der Waals surface area contributed by atoms with E-state index in [0.717, 1.165) is 6.42 Å². The molecule has 7 nitrogen and oxygen atoms in total. The Morgan fingerprint density at radius 1 is 1.57 bits per heavy atom. The first-order chi connectivity index (χ1) is 10.0. The first-order valence-electron chi connectivity index (χ1n) is 7.24. The van der Waals surface area contributed by atoms with Gasteiger partial charge >= 0.3 is 0 Å². The van der Waals surface area contributed by atoms with Crippen LogP contribution in [0.3, 0.4) is 0 Å². The normalized spacial score (nSPS) is 19.6. The van der Waals surface area contributed by atoms with Crippen molar-refractivity contribution >= 4 is 17.6 Å². The molecule has 2 heterocycles. The molecule has 1 aliphatic rings. The van der Waals surface area contributed by atoms with E-state index in [1.165, 1.54) is 6.92 Å². The molecule has 0 spiro atoms. The Morgan fingerprint density at radius 2 is 2.33 bits per heavy atom. The summed E-state index contributed by atoms with van der Waals surface area (Å²) in [4.78, 5) is 25.0. The van der Waals surface area contributed by atoms with Crippen LogP contribution in [0.4, 0.5) is 5.82 Å². The van der Waals surface area contributed by atoms with Gasteiger partial charge in [0.05, 0.1) is 6.04 Å². The third-order valence-electron chi connectivity index (χ3n) is 3.53. The molecule has 1 aliphatic heterocycles. The molecule has 7 heteroatoms. The van der Waals surface area contributed by atoms with Gasteiger partial charge in [-0.15, -0.1) is 0 Å². The standard InChI is InChI=1S/C14H22N4O3/c1-4-21-10(2)14(20)17-7-5-12(9-17)18-8-6-13(16-18)15-11(3)19/h6,8,10,12H,4-5,7,9H2,1-3H3,(H,15,16,19)/t10-,12+/m0/s1. The van der Waals surface area contributed by atoms with Crippen LogP contribution in [0.5, 0.6) is 0 Å². The van der Waals surface area contributed by atoms with Crippen molar-refractivity contribution < 1.29 is 14.3 Å². The quantitative estimate of drug-likeness (QED) is 0.880. The lowest BCUT2D eigenvalue weighted by atomic mass is 10.3. The predicted molar refractivity (Wildman–Crippen MR) is 77.9 cm³/mol. The Bertz CT molecular complexity index is 514. The molecular weight excluding hydrogens is 272 g/mol. The van der Waals surface area contributed by atoms with Crippen LogP contribution in [0.15, 0.2) is 12.3 Å². The highest BCUT2D eigenvalue weighted by atomic mass is 16.5. The number of amides is 2. The van der Waals surface area contributed by atoms with Crippen LogP contribution in [0.25, 0.3) is 0 Å². The maximum atomic E-state index is 12.2. The van der Waals surface area contributed by atoms with Gasteiger partial charge in [-0.05, 0) is 20.3 Å². The van der Waals surface area contributed by atoms with E-state index in [2.05, 4.69) is 10.4 Å². The molecule has 1 N–H and O–H groups in total. The fourth-order valence-corrected chi connectivity index (χ4v) is 2.52. The van der Waals surface area contributed by atoms with Gasteiger partial charge < -0.3 is 15.0 Å². The van der Waals surface area contributed by atoms with Gasteiger partial charge in [-0.25, -0.2) is 0 Å². The van der Waals surface area contributed by atoms with Crippen molar-refractivity contribution in [1.29, 1.82) is 0 Å². The van der Waals surface area contributed by atoms with Gasteiger partial charge in [-0.1, -0.05) is 0 Å². The number of hydrogen-bond donors (Lipinski definition) is 1. The van der Waals surface area contributed by atoms with E-state index in [9.17, 15) is 9.59 Å². The molecule has 116 valence electrons. The maximum absolute atomic E-state index is 12.2. The van der Waals surface area contributed by atoms with Crippen molar-refractivity contribution in [2.45, 2.75) is 39.3 Å². The van der Waals surface area contributed by atoms with Gasteiger partial charge in [0.2, 0.25) is 5.91 Å². The Hall–Kier alpha value is -1.89. The number of carbonyl (C=O) groups excluding carboxylic acids is 2. The average Bonchev–Trinajstić information content (AvgIpc) is 3.05. The lowest BCUT2D eigenvalue weighted by Gasteiger charge is -2.20. The number of rotatable bonds is 5. The van der Waals surface area contributed by atoms with Crippen LogP contribution >= 0.6 is 0 Å². The summed E-state index contributed by atoms with van der Waals surface area (Å²) in [5.41, 5.74) is 0. The summed E-state index contributed by atoms with van der Waals surface area (Å²) in [6.45, 7) is 6.97. The van der Waals surface area contributed by atoms with Gasteiger partial charge in [0.15, 0.2) is 5.82 Å². The average molecular weight is 294 g/mol. The Kier molecular flexibility index (Phi) is 4.95. The van der Waals surface area contributed by atoms with E-state index < -0.39 is 6.10 Å². The Labute approximate surface area is 124 Å². The zero-order chi connectivity index (χ0) is 15.4. The van der Waals surface area contributed by atoms with E-state index in [1.54, 1.807) is 13.0 Å². The van der Waals surface area contributed by atoms with Gasteiger partial charge in [0, 0.05) is 38.9 Å². The largest absolute Gasteiger partial charge is 0.369 e. The fourth-order valence-electron chi connectivity index (χ4n) is 2.52. The highest BCUT2D eigenvalue weighted by Crippen LogP contribution is 2.22. The van der Waals surface area contributed by atoms with E-state index in [0.29, 0.717) is 25.5 Å². The molecule has 0 radical (unpaired) electrons. The van der Waals surface area contributed by atoms with Crippen LogP contribution in [-0.2, 0) is 14.3 Å². The third-order valence-corrected chi connectivity index (χ3v) is 3.53. The predicted octanol–water partition coefficient (Wildman–Crippen LogP) is 1.04. The summed E-state index contributed by atoms with van der Waals surface area (Å²) in [7, 11) is 0.